The van der Waals surface area contributed by atoms with Gasteiger partial charge in [0.1, 0.15) is 11.6 Å². The molecular formula is C22H20FN5O3. The highest BCUT2D eigenvalue weighted by Gasteiger charge is 2.17. The standard InChI is InChI=1S/C22H20FN5O3/c23-18-11-8-16(22-26-25-20-4-2-1-3-13-27(20)22)14-19(18)24-21(29)12-7-15-5-9-17(10-6-15)28(30)31/h5-12,14H,1-4,13H2,(H,24,29)/b12-7+. The van der Waals surface area contributed by atoms with E-state index >= 15 is 0 Å². The Morgan fingerprint density at radius 2 is 1.94 bits per heavy atom. The Morgan fingerprint density at radius 3 is 2.71 bits per heavy atom. The third-order valence-electron chi connectivity index (χ3n) is 5.12. The molecule has 1 amide bonds. The van der Waals surface area contributed by atoms with Gasteiger partial charge in [-0.05, 0) is 54.8 Å². The number of hydrogen-bond acceptors (Lipinski definition) is 5. The minimum Gasteiger partial charge on any atom is -0.320 e. The SMILES string of the molecule is O=C(/C=C/c1ccc([N+](=O)[O-])cc1)Nc1cc(-c2nnc3n2CCCCC3)ccc1F. The second kappa shape index (κ2) is 8.86. The summed E-state index contributed by atoms with van der Waals surface area (Å²) in [7, 11) is 0. The van der Waals surface area contributed by atoms with Gasteiger partial charge in [0, 0.05) is 36.7 Å². The Balaban J connectivity index is 1.51. The lowest BCUT2D eigenvalue weighted by atomic mass is 10.1. The number of aromatic nitrogens is 3. The number of benzene rings is 2. The molecule has 0 atom stereocenters. The summed E-state index contributed by atoms with van der Waals surface area (Å²) in [6.07, 6.45) is 6.86. The molecule has 0 saturated heterocycles. The molecule has 1 N–H and O–H groups in total. The minimum absolute atomic E-state index is 0.0353. The maximum absolute atomic E-state index is 14.3. The first-order chi connectivity index (χ1) is 15.0. The van der Waals surface area contributed by atoms with Gasteiger partial charge < -0.3 is 9.88 Å². The van der Waals surface area contributed by atoms with Crippen LogP contribution in [0.25, 0.3) is 17.5 Å². The van der Waals surface area contributed by atoms with Gasteiger partial charge in [-0.25, -0.2) is 4.39 Å². The van der Waals surface area contributed by atoms with Crippen LogP contribution in [0.2, 0.25) is 0 Å². The average Bonchev–Trinajstić information content (AvgIpc) is 3.02. The molecular weight excluding hydrogens is 401 g/mol. The van der Waals surface area contributed by atoms with Crippen LogP contribution in [0.4, 0.5) is 15.8 Å². The normalized spacial score (nSPS) is 13.6. The Hall–Kier alpha value is -3.88. The molecule has 3 aromatic rings. The van der Waals surface area contributed by atoms with E-state index in [9.17, 15) is 19.3 Å². The first kappa shape index (κ1) is 20.4. The van der Waals surface area contributed by atoms with Crippen LogP contribution in [0.1, 0.15) is 30.7 Å². The van der Waals surface area contributed by atoms with E-state index in [0.717, 1.165) is 38.1 Å². The largest absolute Gasteiger partial charge is 0.320 e. The number of halogens is 1. The molecule has 9 heteroatoms. The zero-order chi connectivity index (χ0) is 21.8. The monoisotopic (exact) mass is 421 g/mol. The fourth-order valence-electron chi connectivity index (χ4n) is 3.51. The van der Waals surface area contributed by atoms with Crippen LogP contribution in [-0.4, -0.2) is 25.6 Å². The molecule has 0 saturated carbocycles. The molecule has 0 fully saturated rings. The van der Waals surface area contributed by atoms with E-state index in [2.05, 4.69) is 20.1 Å². The fraction of sp³-hybridized carbons (Fsp3) is 0.227. The summed E-state index contributed by atoms with van der Waals surface area (Å²) in [5, 5.41) is 21.8. The maximum Gasteiger partial charge on any atom is 0.269 e. The number of nitro benzene ring substituents is 1. The molecule has 8 nitrogen and oxygen atoms in total. The molecule has 2 heterocycles. The number of rotatable bonds is 5. The minimum atomic E-state index is -0.559. The predicted octanol–water partition coefficient (Wildman–Crippen LogP) is 4.37. The number of nitro groups is 1. The van der Waals surface area contributed by atoms with Gasteiger partial charge in [-0.3, -0.25) is 14.9 Å². The van der Waals surface area contributed by atoms with E-state index < -0.39 is 16.6 Å². The molecule has 0 unspecified atom stereocenters. The van der Waals surface area contributed by atoms with Crippen LogP contribution in [0.15, 0.2) is 48.5 Å². The summed E-state index contributed by atoms with van der Waals surface area (Å²) in [4.78, 5) is 22.5. The Morgan fingerprint density at radius 1 is 1.13 bits per heavy atom. The third-order valence-corrected chi connectivity index (χ3v) is 5.12. The number of anilines is 1. The van der Waals surface area contributed by atoms with Crippen molar-refractivity contribution in [2.75, 3.05) is 5.32 Å². The Kier molecular flexibility index (Phi) is 5.83. The van der Waals surface area contributed by atoms with Gasteiger partial charge >= 0.3 is 0 Å². The summed E-state index contributed by atoms with van der Waals surface area (Å²) in [6, 6.07) is 10.2. The molecule has 31 heavy (non-hydrogen) atoms. The first-order valence-electron chi connectivity index (χ1n) is 9.97. The van der Waals surface area contributed by atoms with Gasteiger partial charge in [0.25, 0.3) is 5.69 Å². The third kappa shape index (κ3) is 4.66. The van der Waals surface area contributed by atoms with Crippen LogP contribution in [0.5, 0.6) is 0 Å². The summed E-state index contributed by atoms with van der Waals surface area (Å²) in [5.74, 6) is 0.508. The Labute approximate surface area is 177 Å². The number of nitrogens with zero attached hydrogens (tertiary/aromatic N) is 4. The molecule has 2 aromatic carbocycles. The number of amides is 1. The van der Waals surface area contributed by atoms with Crippen LogP contribution in [-0.2, 0) is 17.8 Å². The lowest BCUT2D eigenvalue weighted by molar-refractivity contribution is -0.384. The summed E-state index contributed by atoms with van der Waals surface area (Å²) >= 11 is 0. The molecule has 1 aliphatic rings. The lowest BCUT2D eigenvalue weighted by Crippen LogP contribution is -2.10. The molecule has 0 spiro atoms. The number of hydrogen-bond donors (Lipinski definition) is 1. The maximum atomic E-state index is 14.3. The zero-order valence-electron chi connectivity index (χ0n) is 16.6. The van der Waals surface area contributed by atoms with E-state index in [1.165, 1.54) is 42.5 Å². The number of nitrogens with one attached hydrogen (secondary N) is 1. The van der Waals surface area contributed by atoms with Crippen molar-refractivity contribution in [3.63, 3.8) is 0 Å². The van der Waals surface area contributed by atoms with Crippen molar-refractivity contribution >= 4 is 23.4 Å². The lowest BCUT2D eigenvalue weighted by Gasteiger charge is -2.09. The van der Waals surface area contributed by atoms with Gasteiger partial charge in [-0.2, -0.15) is 0 Å². The van der Waals surface area contributed by atoms with Gasteiger partial charge in [-0.1, -0.05) is 6.42 Å². The van der Waals surface area contributed by atoms with Crippen molar-refractivity contribution in [2.24, 2.45) is 0 Å². The zero-order valence-corrected chi connectivity index (χ0v) is 16.6. The van der Waals surface area contributed by atoms with E-state index in [-0.39, 0.29) is 11.4 Å². The second-order valence-corrected chi connectivity index (χ2v) is 7.27. The van der Waals surface area contributed by atoms with Crippen molar-refractivity contribution in [2.45, 2.75) is 32.2 Å². The number of non-ortho nitro benzene ring substituents is 1. The van der Waals surface area contributed by atoms with Crippen molar-refractivity contribution in [3.05, 3.63) is 75.9 Å². The van der Waals surface area contributed by atoms with Gasteiger partial charge in [-0.15, -0.1) is 10.2 Å². The van der Waals surface area contributed by atoms with Crippen LogP contribution in [0, 0.1) is 15.9 Å². The van der Waals surface area contributed by atoms with E-state index in [1.54, 1.807) is 12.1 Å². The number of aryl methyl sites for hydroxylation is 1. The molecule has 1 aromatic heterocycles. The van der Waals surface area contributed by atoms with Gasteiger partial charge in [0.05, 0.1) is 10.6 Å². The number of carbonyl (C=O) groups is 1. The predicted molar refractivity (Wildman–Crippen MR) is 114 cm³/mol. The smallest absolute Gasteiger partial charge is 0.269 e. The van der Waals surface area contributed by atoms with Crippen LogP contribution in [0.3, 0.4) is 0 Å². The first-order valence-corrected chi connectivity index (χ1v) is 9.97. The number of fused-ring (bicyclic) bond motifs is 1. The molecule has 0 radical (unpaired) electrons. The Bertz CT molecular complexity index is 1150. The molecule has 0 bridgehead atoms. The summed E-state index contributed by atoms with van der Waals surface area (Å²) < 4.78 is 16.4. The van der Waals surface area contributed by atoms with Gasteiger partial charge in [0.15, 0.2) is 5.82 Å². The fourth-order valence-corrected chi connectivity index (χ4v) is 3.51. The molecule has 158 valence electrons. The molecule has 4 rings (SSSR count). The molecule has 1 aliphatic heterocycles. The van der Waals surface area contributed by atoms with Crippen molar-refractivity contribution in [1.29, 1.82) is 0 Å². The van der Waals surface area contributed by atoms with Crippen molar-refractivity contribution in [3.8, 4) is 11.4 Å². The highest BCUT2D eigenvalue weighted by molar-refractivity contribution is 6.02. The molecule has 0 aliphatic carbocycles. The van der Waals surface area contributed by atoms with Crippen molar-refractivity contribution in [1.82, 2.24) is 14.8 Å². The quantitative estimate of drug-likeness (QED) is 0.374. The van der Waals surface area contributed by atoms with E-state index in [0.29, 0.717) is 17.0 Å². The summed E-state index contributed by atoms with van der Waals surface area (Å²) in [6.45, 7) is 0.814. The van der Waals surface area contributed by atoms with E-state index in [1.807, 2.05) is 0 Å². The topological polar surface area (TPSA) is 103 Å². The van der Waals surface area contributed by atoms with Crippen LogP contribution < -0.4 is 5.32 Å². The van der Waals surface area contributed by atoms with E-state index in [4.69, 9.17) is 0 Å². The summed E-state index contributed by atoms with van der Waals surface area (Å²) in [5.41, 5.74) is 1.30. The number of carbonyl (C=O) groups excluding carboxylic acids is 1. The highest BCUT2D eigenvalue weighted by Crippen LogP contribution is 2.26. The highest BCUT2D eigenvalue weighted by atomic mass is 19.1. The second-order valence-electron chi connectivity index (χ2n) is 7.27. The van der Waals surface area contributed by atoms with Crippen molar-refractivity contribution < 1.29 is 14.1 Å². The average molecular weight is 421 g/mol. The van der Waals surface area contributed by atoms with Crippen LogP contribution >= 0.6 is 0 Å². The van der Waals surface area contributed by atoms with Gasteiger partial charge in [0.2, 0.25) is 5.91 Å².